The first-order valence-corrected chi connectivity index (χ1v) is 7.62. The van der Waals surface area contributed by atoms with E-state index in [0.29, 0.717) is 20.8 Å². The second-order valence-corrected chi connectivity index (χ2v) is 6.58. The van der Waals surface area contributed by atoms with Gasteiger partial charge in [-0.25, -0.2) is 4.57 Å². The first-order chi connectivity index (χ1) is 9.99. The number of halogens is 3. The van der Waals surface area contributed by atoms with Gasteiger partial charge in [-0.2, -0.15) is 0 Å². The maximum Gasteiger partial charge on any atom is 0.202 e. The highest BCUT2D eigenvalue weighted by Crippen LogP contribution is 2.57. The minimum atomic E-state index is 0.0136. The Balaban J connectivity index is 1.98. The van der Waals surface area contributed by atoms with Gasteiger partial charge in [0.1, 0.15) is 0 Å². The van der Waals surface area contributed by atoms with Gasteiger partial charge in [0, 0.05) is 23.0 Å². The van der Waals surface area contributed by atoms with Crippen LogP contribution in [0.15, 0.2) is 24.3 Å². The fourth-order valence-corrected chi connectivity index (χ4v) is 3.98. The van der Waals surface area contributed by atoms with Crippen LogP contribution < -0.4 is 0 Å². The second kappa shape index (κ2) is 4.35. The highest BCUT2D eigenvalue weighted by Gasteiger charge is 2.41. The highest BCUT2D eigenvalue weighted by molar-refractivity contribution is 6.43. The molecule has 2 unspecified atom stereocenters. The first kappa shape index (κ1) is 13.4. The number of hydrogen-bond acceptors (Lipinski definition) is 2. The van der Waals surface area contributed by atoms with E-state index < -0.39 is 0 Å². The van der Waals surface area contributed by atoms with Gasteiger partial charge < -0.3 is 10.2 Å². The first-order valence-electron chi connectivity index (χ1n) is 6.48. The van der Waals surface area contributed by atoms with Gasteiger partial charge >= 0.3 is 0 Å². The van der Waals surface area contributed by atoms with Crippen LogP contribution >= 0.6 is 34.8 Å². The van der Waals surface area contributed by atoms with Crippen LogP contribution in [0, 0.1) is 0 Å². The summed E-state index contributed by atoms with van der Waals surface area (Å²) in [5, 5.41) is 22.0. The molecule has 108 valence electrons. The molecular weight excluding hydrogens is 333 g/mol. The number of fused-ring (bicyclic) bond motifs is 5. The molecule has 1 heterocycles. The van der Waals surface area contributed by atoms with Crippen molar-refractivity contribution in [1.29, 1.82) is 0 Å². The highest BCUT2D eigenvalue weighted by atomic mass is 35.5. The Morgan fingerprint density at radius 1 is 0.857 bits per heavy atom. The van der Waals surface area contributed by atoms with E-state index in [1.807, 2.05) is 0 Å². The van der Waals surface area contributed by atoms with Crippen molar-refractivity contribution in [3.05, 3.63) is 50.5 Å². The van der Waals surface area contributed by atoms with Crippen molar-refractivity contribution in [2.75, 3.05) is 0 Å². The van der Waals surface area contributed by atoms with Crippen molar-refractivity contribution < 1.29 is 10.2 Å². The molecule has 0 spiro atoms. The van der Waals surface area contributed by atoms with Crippen LogP contribution in [0.4, 0.5) is 0 Å². The van der Waals surface area contributed by atoms with E-state index in [-0.39, 0.29) is 23.6 Å². The summed E-state index contributed by atoms with van der Waals surface area (Å²) in [6.07, 6.45) is 5.03. The molecule has 3 nitrogen and oxygen atoms in total. The third-order valence-electron chi connectivity index (χ3n) is 4.25. The van der Waals surface area contributed by atoms with Crippen LogP contribution in [0.5, 0.6) is 11.8 Å². The molecule has 2 N–H and O–H groups in total. The van der Waals surface area contributed by atoms with Gasteiger partial charge in [-0.1, -0.05) is 47.0 Å². The molecule has 2 aliphatic carbocycles. The summed E-state index contributed by atoms with van der Waals surface area (Å²) in [5.74, 6) is 0.330. The van der Waals surface area contributed by atoms with E-state index in [1.165, 1.54) is 16.7 Å². The smallest absolute Gasteiger partial charge is 0.202 e. The van der Waals surface area contributed by atoms with Crippen molar-refractivity contribution in [2.24, 2.45) is 0 Å². The number of allylic oxidation sites excluding steroid dienone is 2. The Morgan fingerprint density at radius 2 is 1.38 bits per heavy atom. The van der Waals surface area contributed by atoms with Crippen molar-refractivity contribution in [2.45, 2.75) is 18.3 Å². The SMILES string of the molecule is Oc1c2c(c(O)n1-c1cc(Cl)c(Cl)cc1Cl)C1C=CC2C1. The topological polar surface area (TPSA) is 45.4 Å². The van der Waals surface area contributed by atoms with Gasteiger partial charge in [0.05, 0.1) is 20.8 Å². The van der Waals surface area contributed by atoms with Crippen LogP contribution in [0.1, 0.15) is 29.4 Å². The third-order valence-corrected chi connectivity index (χ3v) is 5.28. The van der Waals surface area contributed by atoms with Gasteiger partial charge in [-0.05, 0) is 18.6 Å². The summed E-state index contributed by atoms with van der Waals surface area (Å²) in [7, 11) is 0. The van der Waals surface area contributed by atoms with E-state index in [2.05, 4.69) is 12.2 Å². The van der Waals surface area contributed by atoms with Crippen molar-refractivity contribution in [3.63, 3.8) is 0 Å². The standard InChI is InChI=1S/C15H10Cl3NO2/c16-8-4-10(18)11(5-9(8)17)19-14(20)12-6-1-2-7(3-6)13(12)15(19)21/h1-2,4-7,20-21H,3H2. The van der Waals surface area contributed by atoms with Crippen LogP contribution in [-0.4, -0.2) is 14.8 Å². The maximum absolute atomic E-state index is 10.5. The van der Waals surface area contributed by atoms with E-state index in [0.717, 1.165) is 17.5 Å². The molecular formula is C15H10Cl3NO2. The molecule has 0 saturated carbocycles. The molecule has 0 fully saturated rings. The predicted octanol–water partition coefficient (Wildman–Crippen LogP) is 4.99. The summed E-state index contributed by atoms with van der Waals surface area (Å²) in [6, 6.07) is 3.04. The van der Waals surface area contributed by atoms with Crippen molar-refractivity contribution in [1.82, 2.24) is 4.57 Å². The number of nitrogens with zero attached hydrogens (tertiary/aromatic N) is 1. The second-order valence-electron chi connectivity index (χ2n) is 5.36. The minimum Gasteiger partial charge on any atom is -0.494 e. The van der Waals surface area contributed by atoms with Crippen LogP contribution in [0.2, 0.25) is 15.1 Å². The van der Waals surface area contributed by atoms with Gasteiger partial charge in [-0.15, -0.1) is 0 Å². The quantitative estimate of drug-likeness (QED) is 0.566. The molecule has 2 aliphatic rings. The van der Waals surface area contributed by atoms with Crippen LogP contribution in [0.25, 0.3) is 5.69 Å². The van der Waals surface area contributed by atoms with E-state index >= 15 is 0 Å². The number of aromatic nitrogens is 1. The number of rotatable bonds is 1. The number of aromatic hydroxyl groups is 2. The van der Waals surface area contributed by atoms with Gasteiger partial charge in [-0.3, -0.25) is 0 Å². The summed E-state index contributed by atoms with van der Waals surface area (Å²) >= 11 is 18.1. The molecule has 0 aliphatic heterocycles. The average molecular weight is 343 g/mol. The average Bonchev–Trinajstić information content (AvgIpc) is 3.09. The van der Waals surface area contributed by atoms with Crippen LogP contribution in [0.3, 0.4) is 0 Å². The van der Waals surface area contributed by atoms with E-state index in [1.54, 1.807) is 0 Å². The monoisotopic (exact) mass is 341 g/mol. The lowest BCUT2D eigenvalue weighted by Crippen LogP contribution is -1.97. The lowest BCUT2D eigenvalue weighted by molar-refractivity contribution is 0.395. The fourth-order valence-electron chi connectivity index (χ4n) is 3.35. The molecule has 4 rings (SSSR count). The largest absolute Gasteiger partial charge is 0.494 e. The summed E-state index contributed by atoms with van der Waals surface area (Å²) in [5.41, 5.74) is 1.97. The third kappa shape index (κ3) is 1.68. The molecule has 6 heteroatoms. The molecule has 2 atom stereocenters. The summed E-state index contributed by atoms with van der Waals surface area (Å²) in [6.45, 7) is 0. The van der Waals surface area contributed by atoms with Crippen LogP contribution in [-0.2, 0) is 0 Å². The molecule has 0 amide bonds. The predicted molar refractivity (Wildman–Crippen MR) is 83.4 cm³/mol. The fraction of sp³-hybridized carbons (Fsp3) is 0.200. The summed E-state index contributed by atoms with van der Waals surface area (Å²) in [4.78, 5) is 0. The normalized spacial score (nSPS) is 22.0. The zero-order valence-electron chi connectivity index (χ0n) is 10.6. The Hall–Kier alpha value is -1.29. The number of hydrogen-bond donors (Lipinski definition) is 2. The Kier molecular flexibility index (Phi) is 2.77. The van der Waals surface area contributed by atoms with E-state index in [4.69, 9.17) is 34.8 Å². The van der Waals surface area contributed by atoms with Gasteiger partial charge in [0.25, 0.3) is 0 Å². The zero-order chi connectivity index (χ0) is 14.9. The molecule has 1 aromatic carbocycles. The Morgan fingerprint density at radius 3 is 1.95 bits per heavy atom. The summed E-state index contributed by atoms with van der Waals surface area (Å²) < 4.78 is 1.33. The zero-order valence-corrected chi connectivity index (χ0v) is 12.9. The Labute approximate surface area is 136 Å². The molecule has 0 saturated heterocycles. The Bertz CT molecular complexity index is 774. The molecule has 2 bridgehead atoms. The lowest BCUT2D eigenvalue weighted by Gasteiger charge is -2.12. The molecule has 0 radical (unpaired) electrons. The lowest BCUT2D eigenvalue weighted by atomic mass is 10.0. The maximum atomic E-state index is 10.5. The number of benzene rings is 1. The molecule has 21 heavy (non-hydrogen) atoms. The van der Waals surface area contributed by atoms with Gasteiger partial charge in [0.2, 0.25) is 11.8 Å². The van der Waals surface area contributed by atoms with E-state index in [9.17, 15) is 10.2 Å². The molecule has 2 aromatic rings. The van der Waals surface area contributed by atoms with Crippen molar-refractivity contribution in [3.8, 4) is 17.4 Å². The van der Waals surface area contributed by atoms with Crippen molar-refractivity contribution >= 4 is 34.8 Å². The molecule has 1 aromatic heterocycles. The van der Waals surface area contributed by atoms with Gasteiger partial charge in [0.15, 0.2) is 0 Å². The minimum absolute atomic E-state index is 0.0136.